The molecule has 27 heavy (non-hydrogen) atoms. The molecule has 4 aromatic rings. The SMILES string of the molecule is CNCCc1c(F)cccc1-c1c(OC)ccc2[nH]c(=O)c3sccc3c12. The summed E-state index contributed by atoms with van der Waals surface area (Å²) in [6.45, 7) is 0.658. The summed E-state index contributed by atoms with van der Waals surface area (Å²) < 4.78 is 21.0. The Balaban J connectivity index is 2.15. The Morgan fingerprint density at radius 3 is 2.85 bits per heavy atom. The Hall–Kier alpha value is -2.70. The lowest BCUT2D eigenvalue weighted by atomic mass is 9.92. The van der Waals surface area contributed by atoms with Crippen molar-refractivity contribution < 1.29 is 9.13 Å². The molecule has 4 rings (SSSR count). The van der Waals surface area contributed by atoms with E-state index in [0.717, 1.165) is 21.9 Å². The molecule has 0 amide bonds. The van der Waals surface area contributed by atoms with Gasteiger partial charge in [0, 0.05) is 21.9 Å². The highest BCUT2D eigenvalue weighted by molar-refractivity contribution is 7.17. The Bertz CT molecular complexity index is 1200. The van der Waals surface area contributed by atoms with Crippen LogP contribution in [0.2, 0.25) is 0 Å². The van der Waals surface area contributed by atoms with Crippen molar-refractivity contribution in [2.24, 2.45) is 0 Å². The van der Waals surface area contributed by atoms with Gasteiger partial charge in [0.15, 0.2) is 0 Å². The minimum Gasteiger partial charge on any atom is -0.496 e. The van der Waals surface area contributed by atoms with Crippen LogP contribution in [0.15, 0.2) is 46.6 Å². The molecular formula is C21H19FN2O2S. The van der Waals surface area contributed by atoms with E-state index in [1.165, 1.54) is 17.4 Å². The molecule has 0 aliphatic heterocycles. The number of aromatic nitrogens is 1. The smallest absolute Gasteiger partial charge is 0.266 e. The molecule has 0 atom stereocenters. The van der Waals surface area contributed by atoms with Crippen LogP contribution in [0.1, 0.15) is 5.56 Å². The quantitative estimate of drug-likeness (QED) is 0.541. The van der Waals surface area contributed by atoms with E-state index < -0.39 is 0 Å². The number of hydrogen-bond donors (Lipinski definition) is 2. The highest BCUT2D eigenvalue weighted by atomic mass is 32.1. The second-order valence-corrected chi connectivity index (χ2v) is 7.22. The van der Waals surface area contributed by atoms with E-state index in [0.29, 0.717) is 34.5 Å². The van der Waals surface area contributed by atoms with Gasteiger partial charge in [0.1, 0.15) is 16.3 Å². The highest BCUT2D eigenvalue weighted by Crippen LogP contribution is 2.42. The molecule has 2 N–H and O–H groups in total. The number of rotatable bonds is 5. The van der Waals surface area contributed by atoms with Gasteiger partial charge < -0.3 is 15.0 Å². The van der Waals surface area contributed by atoms with Crippen LogP contribution in [-0.4, -0.2) is 25.7 Å². The average Bonchev–Trinajstić information content (AvgIpc) is 3.17. The van der Waals surface area contributed by atoms with Gasteiger partial charge in [-0.2, -0.15) is 0 Å². The topological polar surface area (TPSA) is 54.1 Å². The fraction of sp³-hybridized carbons (Fsp3) is 0.190. The normalized spacial score (nSPS) is 11.4. The summed E-state index contributed by atoms with van der Waals surface area (Å²) in [4.78, 5) is 15.3. The first kappa shape index (κ1) is 17.7. The number of pyridine rings is 1. The zero-order valence-electron chi connectivity index (χ0n) is 15.1. The number of thiophene rings is 1. The predicted octanol–water partition coefficient (Wildman–Crippen LogP) is 4.32. The van der Waals surface area contributed by atoms with Gasteiger partial charge in [0.2, 0.25) is 0 Å². The monoisotopic (exact) mass is 382 g/mol. The number of aromatic amines is 1. The van der Waals surface area contributed by atoms with Crippen LogP contribution in [-0.2, 0) is 6.42 Å². The van der Waals surface area contributed by atoms with Crippen molar-refractivity contribution in [1.82, 2.24) is 10.3 Å². The molecule has 4 nitrogen and oxygen atoms in total. The molecule has 0 spiro atoms. The summed E-state index contributed by atoms with van der Waals surface area (Å²) in [7, 11) is 3.45. The molecule has 2 aromatic heterocycles. The van der Waals surface area contributed by atoms with E-state index in [2.05, 4.69) is 10.3 Å². The Kier molecular flexibility index (Phi) is 4.68. The van der Waals surface area contributed by atoms with Crippen LogP contribution in [0, 0.1) is 5.82 Å². The van der Waals surface area contributed by atoms with Crippen molar-refractivity contribution in [2.45, 2.75) is 6.42 Å². The van der Waals surface area contributed by atoms with Crippen LogP contribution in [0.25, 0.3) is 32.1 Å². The molecule has 0 saturated heterocycles. The lowest BCUT2D eigenvalue weighted by Gasteiger charge is -2.17. The summed E-state index contributed by atoms with van der Waals surface area (Å²) in [5, 5.41) is 6.71. The molecular weight excluding hydrogens is 363 g/mol. The van der Waals surface area contributed by atoms with Crippen LogP contribution in [0.3, 0.4) is 0 Å². The minimum atomic E-state index is -0.243. The van der Waals surface area contributed by atoms with E-state index in [1.54, 1.807) is 13.2 Å². The van der Waals surface area contributed by atoms with Crippen molar-refractivity contribution in [2.75, 3.05) is 20.7 Å². The number of methoxy groups -OCH3 is 1. The molecule has 6 heteroatoms. The highest BCUT2D eigenvalue weighted by Gasteiger charge is 2.19. The van der Waals surface area contributed by atoms with E-state index in [-0.39, 0.29) is 11.4 Å². The lowest BCUT2D eigenvalue weighted by Crippen LogP contribution is -2.12. The number of likely N-dealkylation sites (N-methyl/N-ethyl adjacent to an activating group) is 1. The third-order valence-corrected chi connectivity index (χ3v) is 5.70. The second-order valence-electron chi connectivity index (χ2n) is 6.30. The zero-order chi connectivity index (χ0) is 19.0. The van der Waals surface area contributed by atoms with E-state index >= 15 is 0 Å². The molecule has 0 fully saturated rings. The Morgan fingerprint density at radius 1 is 1.22 bits per heavy atom. The lowest BCUT2D eigenvalue weighted by molar-refractivity contribution is 0.417. The van der Waals surface area contributed by atoms with Crippen LogP contribution >= 0.6 is 11.3 Å². The number of nitrogens with one attached hydrogen (secondary N) is 2. The first-order chi connectivity index (χ1) is 13.2. The van der Waals surface area contributed by atoms with Crippen molar-refractivity contribution >= 4 is 32.3 Å². The molecule has 0 saturated carbocycles. The molecule has 0 aliphatic rings. The van der Waals surface area contributed by atoms with Crippen LogP contribution in [0.5, 0.6) is 5.75 Å². The van der Waals surface area contributed by atoms with Gasteiger partial charge in [0.05, 0.1) is 7.11 Å². The van der Waals surface area contributed by atoms with Gasteiger partial charge in [-0.25, -0.2) is 4.39 Å². The van der Waals surface area contributed by atoms with Crippen molar-refractivity contribution in [3.63, 3.8) is 0 Å². The third-order valence-electron chi connectivity index (χ3n) is 4.79. The first-order valence-electron chi connectivity index (χ1n) is 8.68. The Labute approximate surface area is 159 Å². The predicted molar refractivity (Wildman–Crippen MR) is 110 cm³/mol. The molecule has 2 heterocycles. The van der Waals surface area contributed by atoms with Gasteiger partial charge in [-0.3, -0.25) is 4.79 Å². The van der Waals surface area contributed by atoms with Crippen LogP contribution < -0.4 is 15.6 Å². The van der Waals surface area contributed by atoms with Crippen molar-refractivity contribution in [1.29, 1.82) is 0 Å². The average molecular weight is 382 g/mol. The maximum absolute atomic E-state index is 14.7. The second kappa shape index (κ2) is 7.13. The number of halogens is 1. The third kappa shape index (κ3) is 2.91. The molecule has 0 unspecified atom stereocenters. The number of fused-ring (bicyclic) bond motifs is 3. The number of hydrogen-bond acceptors (Lipinski definition) is 4. The maximum atomic E-state index is 14.7. The fourth-order valence-electron chi connectivity index (χ4n) is 3.56. The summed E-state index contributed by atoms with van der Waals surface area (Å²) in [5.74, 6) is 0.408. The molecule has 0 bridgehead atoms. The van der Waals surface area contributed by atoms with Gasteiger partial charge in [-0.1, -0.05) is 12.1 Å². The van der Waals surface area contributed by atoms with Gasteiger partial charge in [0.25, 0.3) is 5.56 Å². The standard InChI is InChI=1S/C21H19FN2O2S/c1-23-10-8-12-13(4-3-5-15(12)22)19-17(26-2)7-6-16-18(19)14-9-11-27-20(14)21(25)24-16/h3-7,9,11,23H,8,10H2,1-2H3,(H,24,25). The van der Waals surface area contributed by atoms with Crippen LogP contribution in [0.4, 0.5) is 4.39 Å². The Morgan fingerprint density at radius 2 is 2.07 bits per heavy atom. The van der Waals surface area contributed by atoms with Gasteiger partial charge in [-0.15, -0.1) is 11.3 Å². The minimum absolute atomic E-state index is 0.113. The number of benzene rings is 2. The molecule has 138 valence electrons. The van der Waals surface area contributed by atoms with Gasteiger partial charge in [-0.05, 0) is 60.8 Å². The number of H-pyrrole nitrogens is 1. The van der Waals surface area contributed by atoms with Crippen molar-refractivity contribution in [3.8, 4) is 16.9 Å². The molecule has 0 radical (unpaired) electrons. The maximum Gasteiger partial charge on any atom is 0.266 e. The zero-order valence-corrected chi connectivity index (χ0v) is 15.9. The summed E-state index contributed by atoms with van der Waals surface area (Å²) in [6.07, 6.45) is 0.550. The first-order valence-corrected chi connectivity index (χ1v) is 9.56. The summed E-state index contributed by atoms with van der Waals surface area (Å²) in [6, 6.07) is 10.7. The molecule has 0 aliphatic carbocycles. The summed E-state index contributed by atoms with van der Waals surface area (Å²) in [5.41, 5.74) is 2.82. The van der Waals surface area contributed by atoms with E-state index in [1.807, 2.05) is 36.7 Å². The molecule has 2 aromatic carbocycles. The largest absolute Gasteiger partial charge is 0.496 e. The van der Waals surface area contributed by atoms with E-state index in [9.17, 15) is 9.18 Å². The fourth-order valence-corrected chi connectivity index (χ4v) is 4.36. The van der Waals surface area contributed by atoms with Gasteiger partial charge >= 0.3 is 0 Å². The van der Waals surface area contributed by atoms with Crippen molar-refractivity contribution in [3.05, 3.63) is 63.5 Å². The van der Waals surface area contributed by atoms with E-state index in [4.69, 9.17) is 4.74 Å². The summed E-state index contributed by atoms with van der Waals surface area (Å²) >= 11 is 1.40. The number of ether oxygens (including phenoxy) is 1.